The molecular weight excluding hydrogens is 146 g/mol. The zero-order valence-corrected chi connectivity index (χ0v) is 8.93. The summed E-state index contributed by atoms with van der Waals surface area (Å²) in [5.41, 5.74) is 7.44. The molecule has 12 heavy (non-hydrogen) atoms. The van der Waals surface area contributed by atoms with E-state index >= 15 is 0 Å². The number of nitrogens with two attached hydrogens (primary N) is 1. The molecule has 0 aliphatic carbocycles. The van der Waals surface area contributed by atoms with Crippen molar-refractivity contribution in [1.82, 2.24) is 0 Å². The van der Waals surface area contributed by atoms with Crippen LogP contribution in [0.5, 0.6) is 0 Å². The van der Waals surface area contributed by atoms with Gasteiger partial charge >= 0.3 is 0 Å². The first kappa shape index (κ1) is 11.7. The third kappa shape index (κ3) is 4.55. The predicted molar refractivity (Wildman–Crippen MR) is 56.1 cm³/mol. The van der Waals surface area contributed by atoms with E-state index in [1.54, 1.807) is 0 Å². The molecule has 0 heterocycles. The van der Waals surface area contributed by atoms with E-state index in [2.05, 4.69) is 33.8 Å². The monoisotopic (exact) mass is 169 g/mol. The molecule has 0 spiro atoms. The number of allylic oxidation sites excluding steroid dienone is 1. The second kappa shape index (κ2) is 6.24. The Labute approximate surface area is 77.0 Å². The summed E-state index contributed by atoms with van der Waals surface area (Å²) in [6.45, 7) is 8.75. The van der Waals surface area contributed by atoms with Crippen molar-refractivity contribution >= 4 is 0 Å². The average Bonchev–Trinajstić information content (AvgIpc) is 2.04. The van der Waals surface area contributed by atoms with Crippen LogP contribution in [0.15, 0.2) is 11.6 Å². The van der Waals surface area contributed by atoms with Crippen LogP contribution in [-0.4, -0.2) is 6.04 Å². The largest absolute Gasteiger partial charge is 0.327 e. The summed E-state index contributed by atoms with van der Waals surface area (Å²) in [6, 6.07) is 0.344. The van der Waals surface area contributed by atoms with Crippen LogP contribution in [0.2, 0.25) is 0 Å². The highest BCUT2D eigenvalue weighted by atomic mass is 14.6. The predicted octanol–water partition coefficient (Wildman–Crippen LogP) is 3.11. The van der Waals surface area contributed by atoms with Crippen molar-refractivity contribution in [3.63, 3.8) is 0 Å². The van der Waals surface area contributed by atoms with Gasteiger partial charge in [0.2, 0.25) is 0 Å². The Morgan fingerprint density at radius 2 is 2.00 bits per heavy atom. The third-order valence-corrected chi connectivity index (χ3v) is 2.40. The molecule has 0 radical (unpaired) electrons. The first-order chi connectivity index (χ1) is 5.61. The third-order valence-electron chi connectivity index (χ3n) is 2.40. The lowest BCUT2D eigenvalue weighted by Gasteiger charge is -2.16. The van der Waals surface area contributed by atoms with Crippen LogP contribution in [0, 0.1) is 5.92 Å². The Morgan fingerprint density at radius 3 is 2.42 bits per heavy atom. The first-order valence-electron chi connectivity index (χ1n) is 5.04. The van der Waals surface area contributed by atoms with Gasteiger partial charge in [0.25, 0.3) is 0 Å². The molecular formula is C11H23N. The highest BCUT2D eigenvalue weighted by Crippen LogP contribution is 2.12. The summed E-state index contributed by atoms with van der Waals surface area (Å²) in [5, 5.41) is 0. The lowest BCUT2D eigenvalue weighted by Crippen LogP contribution is -2.26. The maximum Gasteiger partial charge on any atom is 0.00992 e. The maximum absolute atomic E-state index is 5.99. The zero-order valence-electron chi connectivity index (χ0n) is 8.93. The average molecular weight is 169 g/mol. The van der Waals surface area contributed by atoms with Gasteiger partial charge in [0.1, 0.15) is 0 Å². The smallest absolute Gasteiger partial charge is 0.00992 e. The molecule has 0 saturated heterocycles. The van der Waals surface area contributed by atoms with Gasteiger partial charge in [0, 0.05) is 6.04 Å². The second-order valence-electron chi connectivity index (χ2n) is 3.68. The molecule has 2 atom stereocenters. The van der Waals surface area contributed by atoms with Crippen molar-refractivity contribution in [2.24, 2.45) is 11.7 Å². The van der Waals surface area contributed by atoms with Crippen molar-refractivity contribution in [3.05, 3.63) is 11.6 Å². The SMILES string of the molecule is CCCC(N)[C@H](C)/C=C(/C)CC. The molecule has 0 aliphatic rings. The standard InChI is InChI=1S/C11H23N/c1-5-7-11(12)10(4)8-9(3)6-2/h8,10-11H,5-7,12H2,1-4H3/b9-8-/t10-,11?/m1/s1. The summed E-state index contributed by atoms with van der Waals surface area (Å²) in [7, 11) is 0. The summed E-state index contributed by atoms with van der Waals surface area (Å²) in [5.74, 6) is 0.532. The van der Waals surface area contributed by atoms with Gasteiger partial charge in [-0.25, -0.2) is 0 Å². The summed E-state index contributed by atoms with van der Waals surface area (Å²) < 4.78 is 0. The zero-order chi connectivity index (χ0) is 9.56. The Hall–Kier alpha value is -0.300. The lowest BCUT2D eigenvalue weighted by atomic mass is 9.96. The van der Waals surface area contributed by atoms with Crippen molar-refractivity contribution in [1.29, 1.82) is 0 Å². The lowest BCUT2D eigenvalue weighted by molar-refractivity contribution is 0.495. The highest BCUT2D eigenvalue weighted by Gasteiger charge is 2.08. The van der Waals surface area contributed by atoms with Crippen LogP contribution in [0.1, 0.15) is 47.0 Å². The Bertz CT molecular complexity index is 138. The van der Waals surface area contributed by atoms with Crippen LogP contribution >= 0.6 is 0 Å². The molecule has 0 rings (SSSR count). The number of hydrogen-bond donors (Lipinski definition) is 1. The van der Waals surface area contributed by atoms with Crippen LogP contribution < -0.4 is 5.73 Å². The Morgan fingerprint density at radius 1 is 1.42 bits per heavy atom. The van der Waals surface area contributed by atoms with Crippen LogP contribution in [0.25, 0.3) is 0 Å². The normalized spacial score (nSPS) is 17.6. The Kier molecular flexibility index (Phi) is 6.09. The van der Waals surface area contributed by atoms with Crippen molar-refractivity contribution < 1.29 is 0 Å². The fourth-order valence-electron chi connectivity index (χ4n) is 1.29. The molecule has 0 aliphatic heterocycles. The molecule has 2 N–H and O–H groups in total. The molecule has 0 aromatic heterocycles. The minimum Gasteiger partial charge on any atom is -0.327 e. The number of hydrogen-bond acceptors (Lipinski definition) is 1. The molecule has 0 aromatic rings. The Balaban J connectivity index is 3.92. The molecule has 1 unspecified atom stereocenters. The first-order valence-corrected chi connectivity index (χ1v) is 5.04. The maximum atomic E-state index is 5.99. The quantitative estimate of drug-likeness (QED) is 0.629. The summed E-state index contributed by atoms with van der Waals surface area (Å²) in [4.78, 5) is 0. The van der Waals surface area contributed by atoms with Gasteiger partial charge < -0.3 is 5.73 Å². The van der Waals surface area contributed by atoms with Crippen LogP contribution in [0.4, 0.5) is 0 Å². The van der Waals surface area contributed by atoms with Gasteiger partial charge in [0.05, 0.1) is 0 Å². The minimum atomic E-state index is 0.344. The molecule has 0 bridgehead atoms. The second-order valence-corrected chi connectivity index (χ2v) is 3.68. The van der Waals surface area contributed by atoms with Gasteiger partial charge in [-0.1, -0.05) is 38.8 Å². The molecule has 72 valence electrons. The molecule has 1 nitrogen and oxygen atoms in total. The molecule has 0 fully saturated rings. The van der Waals surface area contributed by atoms with Crippen LogP contribution in [-0.2, 0) is 0 Å². The van der Waals surface area contributed by atoms with Gasteiger partial charge in [-0.15, -0.1) is 0 Å². The number of rotatable bonds is 5. The van der Waals surface area contributed by atoms with E-state index in [1.807, 2.05) is 0 Å². The van der Waals surface area contributed by atoms with E-state index in [1.165, 1.54) is 12.0 Å². The van der Waals surface area contributed by atoms with Crippen LogP contribution in [0.3, 0.4) is 0 Å². The van der Waals surface area contributed by atoms with Gasteiger partial charge in [-0.2, -0.15) is 0 Å². The molecule has 0 saturated carbocycles. The molecule has 0 aromatic carbocycles. The van der Waals surface area contributed by atoms with E-state index in [9.17, 15) is 0 Å². The van der Waals surface area contributed by atoms with Gasteiger partial charge in [-0.05, 0) is 25.7 Å². The van der Waals surface area contributed by atoms with E-state index in [0.29, 0.717) is 12.0 Å². The van der Waals surface area contributed by atoms with Crippen molar-refractivity contribution in [3.8, 4) is 0 Å². The fraction of sp³-hybridized carbons (Fsp3) is 0.818. The van der Waals surface area contributed by atoms with Crippen molar-refractivity contribution in [2.75, 3.05) is 0 Å². The molecule has 1 heteroatoms. The molecule has 0 amide bonds. The summed E-state index contributed by atoms with van der Waals surface area (Å²) >= 11 is 0. The minimum absolute atomic E-state index is 0.344. The van der Waals surface area contributed by atoms with Gasteiger partial charge in [0.15, 0.2) is 0 Å². The topological polar surface area (TPSA) is 26.0 Å². The van der Waals surface area contributed by atoms with E-state index in [-0.39, 0.29) is 0 Å². The van der Waals surface area contributed by atoms with E-state index < -0.39 is 0 Å². The summed E-state index contributed by atoms with van der Waals surface area (Å²) in [6.07, 6.45) is 5.77. The van der Waals surface area contributed by atoms with E-state index in [4.69, 9.17) is 5.73 Å². The van der Waals surface area contributed by atoms with Crippen molar-refractivity contribution in [2.45, 2.75) is 53.0 Å². The highest BCUT2D eigenvalue weighted by molar-refractivity contribution is 5.01. The van der Waals surface area contributed by atoms with Gasteiger partial charge in [-0.3, -0.25) is 0 Å². The van der Waals surface area contributed by atoms with E-state index in [0.717, 1.165) is 12.8 Å². The fourth-order valence-corrected chi connectivity index (χ4v) is 1.29.